The number of aromatic nitrogens is 2. The van der Waals surface area contributed by atoms with Crippen LogP contribution < -0.4 is 15.4 Å². The van der Waals surface area contributed by atoms with Gasteiger partial charge in [-0.2, -0.15) is 0 Å². The van der Waals surface area contributed by atoms with Crippen molar-refractivity contribution < 1.29 is 9.53 Å². The first kappa shape index (κ1) is 18.4. The average Bonchev–Trinajstić information content (AvgIpc) is 2.75. The number of hydrogen-bond donors (Lipinski definition) is 2. The van der Waals surface area contributed by atoms with Crippen LogP contribution in [-0.4, -0.2) is 23.0 Å². The smallest absolute Gasteiger partial charge is 0.257 e. The highest BCUT2D eigenvalue weighted by Crippen LogP contribution is 2.28. The molecule has 6 heteroatoms. The van der Waals surface area contributed by atoms with Crippen LogP contribution in [0.4, 0.5) is 17.2 Å². The van der Waals surface area contributed by atoms with E-state index < -0.39 is 0 Å². The van der Waals surface area contributed by atoms with Crippen molar-refractivity contribution in [1.29, 1.82) is 0 Å². The SMILES string of the molecule is COc1ccc(C)cc1Nc1ccc(C(=O)Nc2cccc3cccnc23)cn1. The number of aryl methyl sites for hydroxylation is 1. The second-order valence-electron chi connectivity index (χ2n) is 6.60. The summed E-state index contributed by atoms with van der Waals surface area (Å²) in [6.45, 7) is 2.01. The minimum absolute atomic E-state index is 0.240. The lowest BCUT2D eigenvalue weighted by molar-refractivity contribution is 0.102. The summed E-state index contributed by atoms with van der Waals surface area (Å²) in [5, 5.41) is 7.11. The highest BCUT2D eigenvalue weighted by molar-refractivity contribution is 6.08. The van der Waals surface area contributed by atoms with Gasteiger partial charge in [0.1, 0.15) is 11.6 Å². The Morgan fingerprint density at radius 2 is 1.83 bits per heavy atom. The van der Waals surface area contributed by atoms with Gasteiger partial charge in [0.2, 0.25) is 0 Å². The molecule has 0 aliphatic carbocycles. The van der Waals surface area contributed by atoms with Crippen molar-refractivity contribution in [2.24, 2.45) is 0 Å². The number of carbonyl (C=O) groups excluding carboxylic acids is 1. The molecule has 2 aromatic carbocycles. The lowest BCUT2D eigenvalue weighted by Crippen LogP contribution is -2.13. The predicted molar refractivity (Wildman–Crippen MR) is 115 cm³/mol. The summed E-state index contributed by atoms with van der Waals surface area (Å²) < 4.78 is 5.38. The van der Waals surface area contributed by atoms with E-state index in [2.05, 4.69) is 20.6 Å². The Hall–Kier alpha value is -3.93. The molecule has 0 aliphatic rings. The molecule has 4 rings (SSSR count). The highest BCUT2D eigenvalue weighted by atomic mass is 16.5. The van der Waals surface area contributed by atoms with Gasteiger partial charge in [0, 0.05) is 17.8 Å². The standard InChI is InChI=1S/C23H20N4O2/c1-15-8-10-20(29-2)19(13-15)26-21-11-9-17(14-25-21)23(28)27-18-7-3-5-16-6-4-12-24-22(16)18/h3-14H,1-2H3,(H,25,26)(H,27,28). The van der Waals surface area contributed by atoms with Crippen LogP contribution in [0.5, 0.6) is 5.75 Å². The number of nitrogens with zero attached hydrogens (tertiary/aromatic N) is 2. The Bertz CT molecular complexity index is 1170. The van der Waals surface area contributed by atoms with Crippen LogP contribution in [0.2, 0.25) is 0 Å². The normalized spacial score (nSPS) is 10.6. The molecule has 2 N–H and O–H groups in total. The number of benzene rings is 2. The van der Waals surface area contributed by atoms with Gasteiger partial charge in [0.15, 0.2) is 0 Å². The molecule has 4 aromatic rings. The molecular weight excluding hydrogens is 364 g/mol. The molecule has 0 radical (unpaired) electrons. The fraction of sp³-hybridized carbons (Fsp3) is 0.0870. The zero-order valence-electron chi connectivity index (χ0n) is 16.1. The van der Waals surface area contributed by atoms with Crippen molar-refractivity contribution in [2.45, 2.75) is 6.92 Å². The first-order valence-corrected chi connectivity index (χ1v) is 9.17. The predicted octanol–water partition coefficient (Wildman–Crippen LogP) is 4.94. The number of para-hydroxylation sites is 1. The molecule has 29 heavy (non-hydrogen) atoms. The summed E-state index contributed by atoms with van der Waals surface area (Å²) >= 11 is 0. The number of rotatable bonds is 5. The highest BCUT2D eigenvalue weighted by Gasteiger charge is 2.10. The fourth-order valence-corrected chi connectivity index (χ4v) is 3.06. The van der Waals surface area contributed by atoms with Gasteiger partial charge in [0.25, 0.3) is 5.91 Å². The van der Waals surface area contributed by atoms with Gasteiger partial charge in [-0.25, -0.2) is 4.98 Å². The van der Waals surface area contributed by atoms with E-state index in [1.807, 2.05) is 55.5 Å². The number of methoxy groups -OCH3 is 1. The van der Waals surface area contributed by atoms with Crippen LogP contribution in [-0.2, 0) is 0 Å². The minimum atomic E-state index is -0.240. The molecule has 0 atom stereocenters. The van der Waals surface area contributed by atoms with Gasteiger partial charge in [-0.15, -0.1) is 0 Å². The summed E-state index contributed by atoms with van der Waals surface area (Å²) in [5.41, 5.74) is 3.80. The summed E-state index contributed by atoms with van der Waals surface area (Å²) in [6.07, 6.45) is 3.25. The van der Waals surface area contributed by atoms with Crippen molar-refractivity contribution in [3.8, 4) is 5.75 Å². The third-order valence-electron chi connectivity index (χ3n) is 4.52. The molecule has 6 nitrogen and oxygen atoms in total. The van der Waals surface area contributed by atoms with Gasteiger partial charge >= 0.3 is 0 Å². The van der Waals surface area contributed by atoms with E-state index in [0.29, 0.717) is 17.1 Å². The lowest BCUT2D eigenvalue weighted by atomic mass is 10.2. The van der Waals surface area contributed by atoms with Crippen molar-refractivity contribution >= 4 is 34.0 Å². The van der Waals surface area contributed by atoms with E-state index in [0.717, 1.165) is 27.9 Å². The number of anilines is 3. The maximum absolute atomic E-state index is 12.7. The molecule has 0 fully saturated rings. The van der Waals surface area contributed by atoms with E-state index in [-0.39, 0.29) is 5.91 Å². The Kier molecular flexibility index (Phi) is 5.07. The zero-order chi connectivity index (χ0) is 20.2. The summed E-state index contributed by atoms with van der Waals surface area (Å²) in [7, 11) is 1.62. The Morgan fingerprint density at radius 1 is 0.966 bits per heavy atom. The van der Waals surface area contributed by atoms with Gasteiger partial charge in [-0.1, -0.05) is 24.3 Å². The number of nitrogens with one attached hydrogen (secondary N) is 2. The fourth-order valence-electron chi connectivity index (χ4n) is 3.06. The molecule has 144 valence electrons. The Balaban J connectivity index is 1.52. The van der Waals surface area contributed by atoms with Gasteiger partial charge in [-0.3, -0.25) is 9.78 Å². The molecule has 2 heterocycles. The number of fused-ring (bicyclic) bond motifs is 1. The van der Waals surface area contributed by atoms with E-state index in [9.17, 15) is 4.79 Å². The van der Waals surface area contributed by atoms with Crippen molar-refractivity contribution in [3.05, 3.63) is 84.2 Å². The van der Waals surface area contributed by atoms with Crippen molar-refractivity contribution in [3.63, 3.8) is 0 Å². The number of hydrogen-bond acceptors (Lipinski definition) is 5. The van der Waals surface area contributed by atoms with Gasteiger partial charge < -0.3 is 15.4 Å². The van der Waals surface area contributed by atoms with E-state index in [4.69, 9.17) is 4.74 Å². The third-order valence-corrected chi connectivity index (χ3v) is 4.52. The van der Waals surface area contributed by atoms with Crippen LogP contribution in [0.3, 0.4) is 0 Å². The zero-order valence-corrected chi connectivity index (χ0v) is 16.1. The average molecular weight is 384 g/mol. The number of carbonyl (C=O) groups is 1. The third kappa shape index (κ3) is 4.01. The maximum Gasteiger partial charge on any atom is 0.257 e. The largest absolute Gasteiger partial charge is 0.495 e. The van der Waals surface area contributed by atoms with Crippen molar-refractivity contribution in [1.82, 2.24) is 9.97 Å². The molecule has 2 aromatic heterocycles. The monoisotopic (exact) mass is 384 g/mol. The number of amides is 1. The molecule has 0 unspecified atom stereocenters. The van der Waals surface area contributed by atoms with E-state index in [1.54, 1.807) is 31.6 Å². The number of ether oxygens (including phenoxy) is 1. The Labute approximate surface area is 168 Å². The second kappa shape index (κ2) is 7.98. The summed E-state index contributed by atoms with van der Waals surface area (Å²) in [5.74, 6) is 1.11. The van der Waals surface area contributed by atoms with Crippen LogP contribution in [0, 0.1) is 6.92 Å². The molecule has 1 amide bonds. The molecule has 0 spiro atoms. The van der Waals surface area contributed by atoms with E-state index >= 15 is 0 Å². The first-order chi connectivity index (χ1) is 14.1. The van der Waals surface area contributed by atoms with Crippen LogP contribution in [0.15, 0.2) is 73.1 Å². The molecule has 0 bridgehead atoms. The first-order valence-electron chi connectivity index (χ1n) is 9.17. The molecule has 0 saturated heterocycles. The van der Waals surface area contributed by atoms with Gasteiger partial charge in [0.05, 0.1) is 29.6 Å². The lowest BCUT2D eigenvalue weighted by Gasteiger charge is -2.12. The van der Waals surface area contributed by atoms with Crippen molar-refractivity contribution in [2.75, 3.05) is 17.7 Å². The van der Waals surface area contributed by atoms with E-state index in [1.165, 1.54) is 0 Å². The van der Waals surface area contributed by atoms with Crippen LogP contribution in [0.25, 0.3) is 10.9 Å². The van der Waals surface area contributed by atoms with Gasteiger partial charge in [-0.05, 0) is 48.9 Å². The summed E-state index contributed by atoms with van der Waals surface area (Å²) in [6, 6.07) is 18.9. The molecular formula is C23H20N4O2. The minimum Gasteiger partial charge on any atom is -0.495 e. The molecule has 0 saturated carbocycles. The Morgan fingerprint density at radius 3 is 2.62 bits per heavy atom. The topological polar surface area (TPSA) is 76.1 Å². The van der Waals surface area contributed by atoms with Crippen LogP contribution in [0.1, 0.15) is 15.9 Å². The summed E-state index contributed by atoms with van der Waals surface area (Å²) in [4.78, 5) is 21.4. The van der Waals surface area contributed by atoms with Crippen LogP contribution >= 0.6 is 0 Å². The maximum atomic E-state index is 12.7. The quantitative estimate of drug-likeness (QED) is 0.509. The second-order valence-corrected chi connectivity index (χ2v) is 6.60. The molecule has 0 aliphatic heterocycles. The number of pyridine rings is 2.